The highest BCUT2D eigenvalue weighted by atomic mass is 19.4. The van der Waals surface area contributed by atoms with Crippen LogP contribution in [0.3, 0.4) is 0 Å². The highest BCUT2D eigenvalue weighted by Gasteiger charge is 2.34. The second-order valence-corrected chi connectivity index (χ2v) is 5.40. The van der Waals surface area contributed by atoms with Crippen molar-refractivity contribution in [3.8, 4) is 0 Å². The van der Waals surface area contributed by atoms with E-state index in [-0.39, 0.29) is 18.0 Å². The molecule has 1 aliphatic rings. The summed E-state index contributed by atoms with van der Waals surface area (Å²) in [5.74, 6) is -0.661. The van der Waals surface area contributed by atoms with E-state index in [1.54, 1.807) is 6.92 Å². The fourth-order valence-electron chi connectivity index (χ4n) is 2.54. The van der Waals surface area contributed by atoms with Crippen LogP contribution >= 0.6 is 0 Å². The number of fused-ring (bicyclic) bond motifs is 1. The van der Waals surface area contributed by atoms with Crippen molar-refractivity contribution in [2.24, 2.45) is 5.10 Å². The second kappa shape index (κ2) is 7.02. The highest BCUT2D eigenvalue weighted by Crippen LogP contribution is 2.38. The van der Waals surface area contributed by atoms with E-state index in [4.69, 9.17) is 4.74 Å². The van der Waals surface area contributed by atoms with Gasteiger partial charge in [-0.3, -0.25) is 5.43 Å². The van der Waals surface area contributed by atoms with Crippen molar-refractivity contribution in [2.45, 2.75) is 45.7 Å². The Balaban J connectivity index is 2.33. The Morgan fingerprint density at radius 3 is 2.43 bits per heavy atom. The summed E-state index contributed by atoms with van der Waals surface area (Å²) in [7, 11) is 0. The summed E-state index contributed by atoms with van der Waals surface area (Å²) >= 11 is 0. The number of ether oxygens (including phenoxy) is 1. The van der Waals surface area contributed by atoms with E-state index in [1.165, 1.54) is 19.1 Å². The van der Waals surface area contributed by atoms with Gasteiger partial charge in [0.25, 0.3) is 0 Å². The third kappa shape index (κ3) is 4.24. The van der Waals surface area contributed by atoms with Crippen LogP contribution in [0, 0.1) is 0 Å². The van der Waals surface area contributed by atoms with Crippen molar-refractivity contribution in [2.75, 3.05) is 12.0 Å². The van der Waals surface area contributed by atoms with Gasteiger partial charge in [-0.2, -0.15) is 18.3 Å². The van der Waals surface area contributed by atoms with E-state index in [0.29, 0.717) is 6.42 Å². The molecule has 0 saturated carbocycles. The number of halogens is 3. The van der Waals surface area contributed by atoms with Crippen LogP contribution < -0.4 is 5.43 Å². The van der Waals surface area contributed by atoms with Crippen LogP contribution in [0.2, 0.25) is 0 Å². The molecule has 0 spiro atoms. The zero-order valence-corrected chi connectivity index (χ0v) is 13.1. The molecule has 0 saturated heterocycles. The van der Waals surface area contributed by atoms with E-state index in [2.05, 4.69) is 10.5 Å². The normalized spacial score (nSPS) is 15.1. The van der Waals surface area contributed by atoms with Crippen LogP contribution in [0.1, 0.15) is 43.4 Å². The summed E-state index contributed by atoms with van der Waals surface area (Å²) in [6.45, 7) is 3.21. The molecule has 2 rings (SSSR count). The number of alkyl halides is 3. The number of hydrogen-bond acceptors (Lipinski definition) is 4. The van der Waals surface area contributed by atoms with Crippen LogP contribution in [0.4, 0.5) is 18.9 Å². The smallest absolute Gasteiger partial charge is 0.418 e. The van der Waals surface area contributed by atoms with Crippen LogP contribution in [0.25, 0.3) is 0 Å². The average Bonchev–Trinajstić information content (AvgIpc) is 2.51. The summed E-state index contributed by atoms with van der Waals surface area (Å²) in [5.41, 5.74) is 3.08. The summed E-state index contributed by atoms with van der Waals surface area (Å²) in [5, 5.41) is 3.73. The number of benzene rings is 1. The Morgan fingerprint density at radius 2 is 1.87 bits per heavy atom. The largest absolute Gasteiger partial charge is 0.461 e. The van der Waals surface area contributed by atoms with E-state index in [1.807, 2.05) is 0 Å². The molecular formula is C16H19F3N2O2. The van der Waals surface area contributed by atoms with Gasteiger partial charge in [0, 0.05) is 0 Å². The first kappa shape index (κ1) is 17.3. The van der Waals surface area contributed by atoms with Gasteiger partial charge in [0.2, 0.25) is 0 Å². The first-order valence-electron chi connectivity index (χ1n) is 7.53. The van der Waals surface area contributed by atoms with E-state index < -0.39 is 17.7 Å². The minimum atomic E-state index is -4.48. The molecule has 1 aromatic rings. The van der Waals surface area contributed by atoms with Gasteiger partial charge >= 0.3 is 12.1 Å². The van der Waals surface area contributed by atoms with Crippen molar-refractivity contribution in [3.05, 3.63) is 28.8 Å². The van der Waals surface area contributed by atoms with Crippen molar-refractivity contribution in [1.82, 2.24) is 0 Å². The van der Waals surface area contributed by atoms with Crippen LogP contribution in [0.5, 0.6) is 0 Å². The molecule has 0 bridgehead atoms. The summed E-state index contributed by atoms with van der Waals surface area (Å²) < 4.78 is 44.5. The topological polar surface area (TPSA) is 50.7 Å². The third-order valence-electron chi connectivity index (χ3n) is 3.70. The van der Waals surface area contributed by atoms with E-state index >= 15 is 0 Å². The Kier molecular flexibility index (Phi) is 5.28. The predicted octanol–water partition coefficient (Wildman–Crippen LogP) is 3.94. The number of hydrazone groups is 1. The highest BCUT2D eigenvalue weighted by molar-refractivity contribution is 6.35. The van der Waals surface area contributed by atoms with Gasteiger partial charge in [0.1, 0.15) is 5.71 Å². The Labute approximate surface area is 132 Å². The van der Waals surface area contributed by atoms with Crippen molar-refractivity contribution < 1.29 is 22.7 Å². The Morgan fingerprint density at radius 1 is 1.26 bits per heavy atom. The zero-order chi connectivity index (χ0) is 17.0. The van der Waals surface area contributed by atoms with Crippen LogP contribution in [-0.4, -0.2) is 18.3 Å². The molecule has 0 radical (unpaired) electrons. The maximum Gasteiger partial charge on any atom is 0.418 e. The van der Waals surface area contributed by atoms with E-state index in [9.17, 15) is 18.0 Å². The summed E-state index contributed by atoms with van der Waals surface area (Å²) in [4.78, 5) is 11.5. The number of aryl methyl sites for hydroxylation is 2. The molecule has 1 N–H and O–H groups in total. The van der Waals surface area contributed by atoms with Gasteiger partial charge in [0.15, 0.2) is 0 Å². The lowest BCUT2D eigenvalue weighted by atomic mass is 9.89. The van der Waals surface area contributed by atoms with Gasteiger partial charge < -0.3 is 4.74 Å². The molecule has 7 heteroatoms. The number of nitrogens with zero attached hydrogens (tertiary/aromatic N) is 1. The lowest BCUT2D eigenvalue weighted by Gasteiger charge is -2.20. The molecule has 0 heterocycles. The standard InChI is InChI=1S/C16H19F3N2O2/c1-3-23-15(22)10(2)20-21-14-9-12-7-5-4-6-11(12)8-13(14)16(17,18)19/h8-9,21H,3-7H2,1-2H3/b20-10+. The zero-order valence-electron chi connectivity index (χ0n) is 13.1. The van der Waals surface area contributed by atoms with Crippen LogP contribution in [0.15, 0.2) is 17.2 Å². The molecule has 1 aliphatic carbocycles. The quantitative estimate of drug-likeness (QED) is 0.517. The second-order valence-electron chi connectivity index (χ2n) is 5.40. The van der Waals surface area contributed by atoms with Crippen LogP contribution in [-0.2, 0) is 28.5 Å². The number of anilines is 1. The Hall–Kier alpha value is -2.05. The SMILES string of the molecule is CCOC(=O)/C(C)=N/Nc1cc2c(cc1C(F)(F)F)CCCC2. The molecule has 0 aliphatic heterocycles. The third-order valence-corrected chi connectivity index (χ3v) is 3.70. The van der Waals surface area contributed by atoms with Gasteiger partial charge in [-0.15, -0.1) is 0 Å². The number of carbonyl (C=O) groups is 1. The molecular weight excluding hydrogens is 309 g/mol. The van der Waals surface area contributed by atoms with Crippen molar-refractivity contribution in [3.63, 3.8) is 0 Å². The molecule has 0 aromatic heterocycles. The summed E-state index contributed by atoms with van der Waals surface area (Å²) in [6, 6.07) is 2.67. The maximum atomic E-state index is 13.2. The first-order valence-corrected chi connectivity index (χ1v) is 7.53. The molecule has 0 amide bonds. The van der Waals surface area contributed by atoms with E-state index in [0.717, 1.165) is 30.4 Å². The van der Waals surface area contributed by atoms with Gasteiger partial charge in [-0.1, -0.05) is 0 Å². The fraction of sp³-hybridized carbons (Fsp3) is 0.500. The molecule has 126 valence electrons. The Bertz CT molecular complexity index is 624. The fourth-order valence-corrected chi connectivity index (χ4v) is 2.54. The number of carbonyl (C=O) groups excluding carboxylic acids is 1. The molecule has 0 atom stereocenters. The molecule has 1 aromatic carbocycles. The average molecular weight is 328 g/mol. The predicted molar refractivity (Wildman–Crippen MR) is 81.5 cm³/mol. The minimum Gasteiger partial charge on any atom is -0.461 e. The maximum absolute atomic E-state index is 13.2. The number of nitrogens with one attached hydrogen (secondary N) is 1. The van der Waals surface area contributed by atoms with Crippen molar-refractivity contribution >= 4 is 17.4 Å². The van der Waals surface area contributed by atoms with Gasteiger partial charge in [-0.25, -0.2) is 4.79 Å². The van der Waals surface area contributed by atoms with Gasteiger partial charge in [-0.05, 0) is 62.8 Å². The molecule has 0 unspecified atom stereocenters. The van der Waals surface area contributed by atoms with Gasteiger partial charge in [0.05, 0.1) is 17.9 Å². The molecule has 0 fully saturated rings. The van der Waals surface area contributed by atoms with Crippen molar-refractivity contribution in [1.29, 1.82) is 0 Å². The number of esters is 1. The first-order chi connectivity index (χ1) is 10.8. The lowest BCUT2D eigenvalue weighted by molar-refractivity contribution is -0.137. The minimum absolute atomic E-state index is 0.0299. The number of rotatable bonds is 4. The monoisotopic (exact) mass is 328 g/mol. The summed E-state index contributed by atoms with van der Waals surface area (Å²) in [6.07, 6.45) is -1.21. The number of hydrogen-bond donors (Lipinski definition) is 1. The molecule has 23 heavy (non-hydrogen) atoms. The lowest BCUT2D eigenvalue weighted by Crippen LogP contribution is -2.17. The molecule has 4 nitrogen and oxygen atoms in total.